The molecule has 3 heterocycles. The third kappa shape index (κ3) is 4.90. The molecule has 1 saturated heterocycles. The van der Waals surface area contributed by atoms with Gasteiger partial charge in [0.15, 0.2) is 0 Å². The number of aliphatic carboxylic acids is 1. The molecule has 2 aromatic heterocycles. The number of aromatic nitrogens is 3. The minimum Gasteiger partial charge on any atom is -0.480 e. The van der Waals surface area contributed by atoms with Gasteiger partial charge < -0.3 is 15.3 Å². The van der Waals surface area contributed by atoms with Crippen LogP contribution in [0.3, 0.4) is 0 Å². The summed E-state index contributed by atoms with van der Waals surface area (Å²) in [7, 11) is 0. The number of nitrogens with one attached hydrogen (secondary N) is 1. The topological polar surface area (TPSA) is 104 Å². The van der Waals surface area contributed by atoms with E-state index in [9.17, 15) is 9.59 Å². The van der Waals surface area contributed by atoms with Crippen LogP contribution in [0.25, 0.3) is 11.0 Å². The predicted octanol–water partition coefficient (Wildman–Crippen LogP) is 3.93. The number of carboxylic acids is 1. The lowest BCUT2D eigenvalue weighted by Gasteiger charge is -2.35. The number of fused-ring (bicyclic) bond motifs is 1. The molecule has 10 heteroatoms. The van der Waals surface area contributed by atoms with Crippen molar-refractivity contribution >= 4 is 50.3 Å². The average molecular weight is 541 g/mol. The number of benzene rings is 1. The summed E-state index contributed by atoms with van der Waals surface area (Å²) in [5.41, 5.74) is 3.47. The first-order valence-corrected chi connectivity index (χ1v) is 12.8. The molecule has 0 radical (unpaired) electrons. The van der Waals surface area contributed by atoms with Gasteiger partial charge in [-0.2, -0.15) is 4.98 Å². The summed E-state index contributed by atoms with van der Waals surface area (Å²) in [4.78, 5) is 37.6. The Kier molecular flexibility index (Phi) is 6.75. The van der Waals surface area contributed by atoms with E-state index in [0.717, 1.165) is 74.2 Å². The van der Waals surface area contributed by atoms with Crippen molar-refractivity contribution in [1.82, 2.24) is 19.4 Å². The van der Waals surface area contributed by atoms with Crippen molar-refractivity contribution in [2.24, 2.45) is 0 Å². The number of carboxylic acid groups (broad SMARTS) is 1. The van der Waals surface area contributed by atoms with Gasteiger partial charge in [0.05, 0.1) is 11.0 Å². The van der Waals surface area contributed by atoms with Crippen molar-refractivity contribution in [2.45, 2.75) is 38.6 Å². The maximum atomic E-state index is 13.1. The summed E-state index contributed by atoms with van der Waals surface area (Å²) in [5, 5.41) is 13.1. The van der Waals surface area contributed by atoms with Crippen molar-refractivity contribution < 1.29 is 9.90 Å². The van der Waals surface area contributed by atoms with E-state index in [2.05, 4.69) is 31.1 Å². The monoisotopic (exact) mass is 540 g/mol. The quantitative estimate of drug-likeness (QED) is 0.484. The number of hydrogen-bond acceptors (Lipinski definition) is 7. The van der Waals surface area contributed by atoms with E-state index in [0.29, 0.717) is 16.1 Å². The number of rotatable bonds is 6. The third-order valence-electron chi connectivity index (χ3n) is 7.05. The highest BCUT2D eigenvalue weighted by Gasteiger charge is 2.24. The standard InChI is InChI=1S/C25H29BrN6O3/c1-16-20-14-27-25(29-23(20)32(24(35)22(16)26)19-4-2-3-5-19)28-17-6-8-18(9-7-17)31-12-10-30(11-13-31)15-21(33)34/h6-9,14,19H,2-5,10-13,15H2,1H3,(H,33,34)(H,27,28,29). The molecule has 2 N–H and O–H groups in total. The van der Waals surface area contributed by atoms with Crippen LogP contribution in [0, 0.1) is 6.92 Å². The second-order valence-corrected chi connectivity index (χ2v) is 10.1. The van der Waals surface area contributed by atoms with Crippen LogP contribution in [-0.2, 0) is 4.79 Å². The molecular formula is C25H29BrN6O3. The predicted molar refractivity (Wildman–Crippen MR) is 140 cm³/mol. The number of hydrogen-bond donors (Lipinski definition) is 2. The zero-order valence-corrected chi connectivity index (χ0v) is 21.3. The number of aryl methyl sites for hydroxylation is 1. The minimum absolute atomic E-state index is 0.0284. The van der Waals surface area contributed by atoms with Gasteiger partial charge in [0.1, 0.15) is 5.65 Å². The maximum Gasteiger partial charge on any atom is 0.317 e. The Balaban J connectivity index is 1.35. The summed E-state index contributed by atoms with van der Waals surface area (Å²) < 4.78 is 2.43. The molecule has 1 saturated carbocycles. The Morgan fingerprint density at radius 3 is 2.49 bits per heavy atom. The lowest BCUT2D eigenvalue weighted by molar-refractivity contribution is -0.138. The molecule has 0 amide bonds. The van der Waals surface area contributed by atoms with Crippen LogP contribution in [0.2, 0.25) is 0 Å². The zero-order valence-electron chi connectivity index (χ0n) is 19.7. The van der Waals surface area contributed by atoms with E-state index in [-0.39, 0.29) is 18.1 Å². The molecule has 5 rings (SSSR count). The molecule has 2 fully saturated rings. The van der Waals surface area contributed by atoms with Crippen molar-refractivity contribution in [3.63, 3.8) is 0 Å². The Hall–Kier alpha value is -2.98. The van der Waals surface area contributed by atoms with E-state index in [1.54, 1.807) is 6.20 Å². The summed E-state index contributed by atoms with van der Waals surface area (Å²) in [6, 6.07) is 8.24. The highest BCUT2D eigenvalue weighted by atomic mass is 79.9. The van der Waals surface area contributed by atoms with Crippen LogP contribution in [0.15, 0.2) is 39.7 Å². The molecule has 1 aliphatic heterocycles. The van der Waals surface area contributed by atoms with Crippen molar-refractivity contribution in [1.29, 1.82) is 0 Å². The van der Waals surface area contributed by atoms with Crippen LogP contribution in [0.4, 0.5) is 17.3 Å². The van der Waals surface area contributed by atoms with Crippen LogP contribution < -0.4 is 15.8 Å². The van der Waals surface area contributed by atoms with Crippen molar-refractivity contribution in [3.05, 3.63) is 50.9 Å². The number of anilines is 3. The number of piperazine rings is 1. The maximum absolute atomic E-state index is 13.1. The molecule has 35 heavy (non-hydrogen) atoms. The molecule has 3 aromatic rings. The summed E-state index contributed by atoms with van der Waals surface area (Å²) in [6.45, 7) is 5.06. The lowest BCUT2D eigenvalue weighted by Crippen LogP contribution is -2.47. The Labute approximate surface area is 211 Å². The number of carbonyl (C=O) groups is 1. The second-order valence-electron chi connectivity index (χ2n) is 9.31. The third-order valence-corrected chi connectivity index (χ3v) is 7.98. The minimum atomic E-state index is -0.784. The van der Waals surface area contributed by atoms with Gasteiger partial charge in [-0.05, 0) is 65.5 Å². The molecule has 9 nitrogen and oxygen atoms in total. The SMILES string of the molecule is Cc1c(Br)c(=O)n(C2CCCC2)c2nc(Nc3ccc(N4CCN(CC(=O)O)CC4)cc3)ncc12. The Morgan fingerprint density at radius 2 is 1.83 bits per heavy atom. The molecular weight excluding hydrogens is 512 g/mol. The van der Waals surface area contributed by atoms with Crippen molar-refractivity contribution in [3.8, 4) is 0 Å². The normalized spacial score (nSPS) is 17.3. The number of nitrogens with zero attached hydrogens (tertiary/aromatic N) is 5. The van der Waals surface area contributed by atoms with Gasteiger partial charge in [-0.25, -0.2) is 4.98 Å². The number of pyridine rings is 1. The van der Waals surface area contributed by atoms with Crippen LogP contribution >= 0.6 is 15.9 Å². The van der Waals surface area contributed by atoms with Gasteiger partial charge in [-0.1, -0.05) is 12.8 Å². The smallest absolute Gasteiger partial charge is 0.317 e. The second kappa shape index (κ2) is 9.94. The van der Waals surface area contributed by atoms with Gasteiger partial charge >= 0.3 is 5.97 Å². The highest BCUT2D eigenvalue weighted by molar-refractivity contribution is 9.10. The average Bonchev–Trinajstić information content (AvgIpc) is 3.38. The van der Waals surface area contributed by atoms with Gasteiger partial charge in [-0.15, -0.1) is 0 Å². The Morgan fingerprint density at radius 1 is 1.14 bits per heavy atom. The Bertz CT molecular complexity index is 1300. The van der Waals surface area contributed by atoms with E-state index in [1.165, 1.54) is 0 Å². The van der Waals surface area contributed by atoms with Gasteiger partial charge in [0.2, 0.25) is 5.95 Å². The fraction of sp³-hybridized carbons (Fsp3) is 0.440. The molecule has 1 aliphatic carbocycles. The summed E-state index contributed by atoms with van der Waals surface area (Å²) >= 11 is 3.49. The fourth-order valence-corrected chi connectivity index (χ4v) is 5.51. The lowest BCUT2D eigenvalue weighted by atomic mass is 10.1. The summed E-state index contributed by atoms with van der Waals surface area (Å²) in [5.74, 6) is -0.326. The van der Waals surface area contributed by atoms with E-state index in [4.69, 9.17) is 10.1 Å². The van der Waals surface area contributed by atoms with E-state index < -0.39 is 5.97 Å². The molecule has 2 aliphatic rings. The first kappa shape index (κ1) is 23.7. The van der Waals surface area contributed by atoms with Crippen LogP contribution in [-0.4, -0.2) is 63.2 Å². The molecule has 0 atom stereocenters. The van der Waals surface area contributed by atoms with Crippen LogP contribution in [0.5, 0.6) is 0 Å². The summed E-state index contributed by atoms with van der Waals surface area (Å²) in [6.07, 6.45) is 6.02. The zero-order chi connectivity index (χ0) is 24.5. The molecule has 0 bridgehead atoms. The highest BCUT2D eigenvalue weighted by Crippen LogP contribution is 2.33. The van der Waals surface area contributed by atoms with Gasteiger partial charge in [0.25, 0.3) is 5.56 Å². The van der Waals surface area contributed by atoms with Gasteiger partial charge in [0, 0.05) is 55.2 Å². The first-order valence-electron chi connectivity index (χ1n) is 12.0. The molecule has 184 valence electrons. The molecule has 1 aromatic carbocycles. The first-order chi connectivity index (χ1) is 16.9. The largest absolute Gasteiger partial charge is 0.480 e. The van der Waals surface area contributed by atoms with Crippen molar-refractivity contribution in [2.75, 3.05) is 42.9 Å². The number of halogens is 1. The van der Waals surface area contributed by atoms with Crippen LogP contribution in [0.1, 0.15) is 37.3 Å². The van der Waals surface area contributed by atoms with E-state index in [1.807, 2.05) is 40.7 Å². The van der Waals surface area contributed by atoms with E-state index >= 15 is 0 Å². The van der Waals surface area contributed by atoms with Gasteiger partial charge in [-0.3, -0.25) is 19.1 Å². The molecule has 0 unspecified atom stereocenters. The fourth-order valence-electron chi connectivity index (χ4n) is 5.10. The molecule has 0 spiro atoms.